The fourth-order valence-corrected chi connectivity index (χ4v) is 3.22. The fourth-order valence-electron chi connectivity index (χ4n) is 3.22. The van der Waals surface area contributed by atoms with Crippen LogP contribution in [0.4, 0.5) is 0 Å². The zero-order valence-electron chi connectivity index (χ0n) is 14.4. The van der Waals surface area contributed by atoms with Crippen LogP contribution in [0.3, 0.4) is 0 Å². The van der Waals surface area contributed by atoms with E-state index >= 15 is 0 Å². The number of hydrogen-bond acceptors (Lipinski definition) is 3. The molecule has 0 spiro atoms. The predicted molar refractivity (Wildman–Crippen MR) is 103 cm³/mol. The summed E-state index contributed by atoms with van der Waals surface area (Å²) in [4.78, 5) is 11.3. The van der Waals surface area contributed by atoms with Gasteiger partial charge in [-0.25, -0.2) is 0 Å². The van der Waals surface area contributed by atoms with Gasteiger partial charge in [-0.2, -0.15) is 0 Å². The number of benzene rings is 3. The van der Waals surface area contributed by atoms with E-state index in [0.717, 1.165) is 16.7 Å². The molecule has 1 atom stereocenters. The number of carboxylic acid groups (broad SMARTS) is 1. The molecule has 132 valence electrons. The Hall–Kier alpha value is -2.95. The highest BCUT2D eigenvalue weighted by molar-refractivity contribution is 5.73. The molecule has 4 heteroatoms. The minimum atomic E-state index is -1.03. The third-order valence-corrected chi connectivity index (χ3v) is 4.52. The van der Waals surface area contributed by atoms with Crippen LogP contribution in [-0.2, 0) is 10.3 Å². The lowest BCUT2D eigenvalue weighted by atomic mass is 9.77. The Labute approximate surface area is 153 Å². The van der Waals surface area contributed by atoms with Gasteiger partial charge in [-0.1, -0.05) is 91.0 Å². The molecule has 0 bridgehead atoms. The molecule has 26 heavy (non-hydrogen) atoms. The molecule has 4 nitrogen and oxygen atoms in total. The molecule has 0 aromatic heterocycles. The van der Waals surface area contributed by atoms with E-state index in [9.17, 15) is 9.90 Å². The first-order valence-corrected chi connectivity index (χ1v) is 8.54. The molecule has 0 aliphatic rings. The lowest BCUT2D eigenvalue weighted by Crippen LogP contribution is -2.51. The van der Waals surface area contributed by atoms with E-state index < -0.39 is 17.6 Å². The van der Waals surface area contributed by atoms with E-state index in [1.54, 1.807) is 0 Å². The summed E-state index contributed by atoms with van der Waals surface area (Å²) < 4.78 is 0. The Morgan fingerprint density at radius 2 is 1.15 bits per heavy atom. The molecule has 0 aliphatic carbocycles. The second-order valence-corrected chi connectivity index (χ2v) is 6.17. The number of rotatable bonds is 7. The Balaban J connectivity index is 2.19. The number of carbonyl (C=O) groups is 1. The van der Waals surface area contributed by atoms with E-state index in [-0.39, 0.29) is 6.54 Å². The highest BCUT2D eigenvalue weighted by Crippen LogP contribution is 2.36. The van der Waals surface area contributed by atoms with E-state index in [2.05, 4.69) is 5.32 Å². The van der Waals surface area contributed by atoms with Gasteiger partial charge in [-0.15, -0.1) is 0 Å². The Morgan fingerprint density at radius 1 is 0.808 bits per heavy atom. The van der Waals surface area contributed by atoms with Gasteiger partial charge in [0, 0.05) is 6.54 Å². The quantitative estimate of drug-likeness (QED) is 0.575. The lowest BCUT2D eigenvalue weighted by Gasteiger charge is -2.37. The number of nitrogens with two attached hydrogens (primary N) is 1. The van der Waals surface area contributed by atoms with Crippen molar-refractivity contribution in [2.24, 2.45) is 5.73 Å². The molecule has 0 unspecified atom stereocenters. The van der Waals surface area contributed by atoms with Crippen LogP contribution in [0.5, 0.6) is 0 Å². The van der Waals surface area contributed by atoms with E-state index in [4.69, 9.17) is 5.73 Å². The van der Waals surface area contributed by atoms with Crippen molar-refractivity contribution in [3.63, 3.8) is 0 Å². The van der Waals surface area contributed by atoms with Gasteiger partial charge in [0.15, 0.2) is 0 Å². The van der Waals surface area contributed by atoms with Crippen LogP contribution in [0.25, 0.3) is 0 Å². The van der Waals surface area contributed by atoms with Gasteiger partial charge >= 0.3 is 5.97 Å². The molecule has 0 heterocycles. The molecular formula is C22H22N2O2. The summed E-state index contributed by atoms with van der Waals surface area (Å²) in [6.07, 6.45) is 0. The first kappa shape index (κ1) is 17.9. The molecule has 0 saturated heterocycles. The van der Waals surface area contributed by atoms with Crippen LogP contribution in [0.1, 0.15) is 16.7 Å². The summed E-state index contributed by atoms with van der Waals surface area (Å²) in [5, 5.41) is 12.7. The van der Waals surface area contributed by atoms with Gasteiger partial charge in [0.05, 0.1) is 5.54 Å². The van der Waals surface area contributed by atoms with Crippen molar-refractivity contribution in [2.45, 2.75) is 11.6 Å². The molecule has 0 aliphatic heterocycles. The van der Waals surface area contributed by atoms with Crippen molar-refractivity contribution < 1.29 is 9.90 Å². The zero-order chi connectivity index (χ0) is 18.4. The topological polar surface area (TPSA) is 75.3 Å². The normalized spacial score (nSPS) is 12.5. The molecule has 0 saturated carbocycles. The van der Waals surface area contributed by atoms with Gasteiger partial charge in [0.2, 0.25) is 0 Å². The van der Waals surface area contributed by atoms with Crippen LogP contribution >= 0.6 is 0 Å². The SMILES string of the molecule is N[C@@H](CNC(c1ccccc1)(c1ccccc1)c1ccccc1)C(=O)O. The predicted octanol–water partition coefficient (Wildman–Crippen LogP) is 2.98. The zero-order valence-corrected chi connectivity index (χ0v) is 14.4. The third-order valence-electron chi connectivity index (χ3n) is 4.52. The van der Waals surface area contributed by atoms with Crippen molar-refractivity contribution in [3.05, 3.63) is 108 Å². The molecule has 0 amide bonds. The van der Waals surface area contributed by atoms with Crippen LogP contribution in [0.15, 0.2) is 91.0 Å². The monoisotopic (exact) mass is 346 g/mol. The number of hydrogen-bond donors (Lipinski definition) is 3. The van der Waals surface area contributed by atoms with E-state index in [0.29, 0.717) is 0 Å². The van der Waals surface area contributed by atoms with Crippen molar-refractivity contribution >= 4 is 5.97 Å². The summed E-state index contributed by atoms with van der Waals surface area (Å²) >= 11 is 0. The summed E-state index contributed by atoms with van der Waals surface area (Å²) in [7, 11) is 0. The first-order chi connectivity index (χ1) is 12.6. The largest absolute Gasteiger partial charge is 0.480 e. The Morgan fingerprint density at radius 3 is 1.46 bits per heavy atom. The number of carboxylic acids is 1. The van der Waals surface area contributed by atoms with E-state index in [1.807, 2.05) is 91.0 Å². The summed E-state index contributed by atoms with van der Waals surface area (Å²) in [5.41, 5.74) is 8.17. The van der Waals surface area contributed by atoms with Gasteiger partial charge in [-0.05, 0) is 16.7 Å². The fraction of sp³-hybridized carbons (Fsp3) is 0.136. The first-order valence-electron chi connectivity index (χ1n) is 8.54. The van der Waals surface area contributed by atoms with Gasteiger partial charge in [-0.3, -0.25) is 10.1 Å². The van der Waals surface area contributed by atoms with Crippen LogP contribution < -0.4 is 11.1 Å². The highest BCUT2D eigenvalue weighted by Gasteiger charge is 2.36. The smallest absolute Gasteiger partial charge is 0.321 e. The minimum Gasteiger partial charge on any atom is -0.480 e. The summed E-state index contributed by atoms with van der Waals surface area (Å²) in [5.74, 6) is -1.03. The van der Waals surface area contributed by atoms with Crippen LogP contribution in [-0.4, -0.2) is 23.7 Å². The average molecular weight is 346 g/mol. The minimum absolute atomic E-state index is 0.133. The number of nitrogens with one attached hydrogen (secondary N) is 1. The van der Waals surface area contributed by atoms with Crippen LogP contribution in [0, 0.1) is 0 Å². The highest BCUT2D eigenvalue weighted by atomic mass is 16.4. The molecule has 3 rings (SSSR count). The van der Waals surface area contributed by atoms with Crippen LogP contribution in [0.2, 0.25) is 0 Å². The maximum absolute atomic E-state index is 11.3. The summed E-state index contributed by atoms with van der Waals surface area (Å²) in [6.45, 7) is 0.133. The maximum Gasteiger partial charge on any atom is 0.321 e. The third kappa shape index (κ3) is 3.52. The van der Waals surface area contributed by atoms with Gasteiger partial charge in [0.25, 0.3) is 0 Å². The van der Waals surface area contributed by atoms with Crippen molar-refractivity contribution in [1.29, 1.82) is 0 Å². The standard InChI is InChI=1S/C22H22N2O2/c23-20(21(25)26)16-24-22(17-10-4-1-5-11-17,18-12-6-2-7-13-18)19-14-8-3-9-15-19/h1-15,20,24H,16,23H2,(H,25,26)/t20-/m0/s1. The van der Waals surface area contributed by atoms with Crippen molar-refractivity contribution in [2.75, 3.05) is 6.54 Å². The van der Waals surface area contributed by atoms with Crippen molar-refractivity contribution in [1.82, 2.24) is 5.32 Å². The second kappa shape index (κ2) is 7.95. The lowest BCUT2D eigenvalue weighted by molar-refractivity contribution is -0.138. The van der Waals surface area contributed by atoms with Crippen molar-refractivity contribution in [3.8, 4) is 0 Å². The average Bonchev–Trinajstić information content (AvgIpc) is 2.70. The molecule has 0 radical (unpaired) electrons. The molecule has 4 N–H and O–H groups in total. The molecule has 3 aromatic rings. The molecule has 0 fully saturated rings. The van der Waals surface area contributed by atoms with E-state index in [1.165, 1.54) is 0 Å². The maximum atomic E-state index is 11.3. The molecule has 3 aromatic carbocycles. The second-order valence-electron chi connectivity index (χ2n) is 6.17. The van der Waals surface area contributed by atoms with Gasteiger partial charge in [0.1, 0.15) is 6.04 Å². The Bertz CT molecular complexity index is 739. The Kier molecular flexibility index (Phi) is 5.46. The summed E-state index contributed by atoms with van der Waals surface area (Å²) in [6, 6.07) is 29.0. The number of aliphatic carboxylic acids is 1. The molecular weight excluding hydrogens is 324 g/mol. The van der Waals surface area contributed by atoms with Gasteiger partial charge < -0.3 is 10.8 Å².